The molecule has 130 valence electrons. The molecule has 0 bridgehead atoms. The number of carbonyl (C=O) groups excluding carboxylic acids is 1. The van der Waals surface area contributed by atoms with E-state index in [1.807, 2.05) is 57.2 Å². The first-order chi connectivity index (χ1) is 12.5. The van der Waals surface area contributed by atoms with Gasteiger partial charge >= 0.3 is 0 Å². The number of benzene rings is 1. The van der Waals surface area contributed by atoms with Gasteiger partial charge in [-0.25, -0.2) is 4.98 Å². The summed E-state index contributed by atoms with van der Waals surface area (Å²) in [5.41, 5.74) is 3.77. The third-order valence-corrected chi connectivity index (χ3v) is 5.07. The molecule has 2 heterocycles. The number of fused-ring (bicyclic) bond motifs is 1. The van der Waals surface area contributed by atoms with Gasteiger partial charge in [0.15, 0.2) is 0 Å². The Morgan fingerprint density at radius 3 is 2.85 bits per heavy atom. The molecule has 2 aromatic heterocycles. The van der Waals surface area contributed by atoms with Gasteiger partial charge in [-0.05, 0) is 56.7 Å². The summed E-state index contributed by atoms with van der Waals surface area (Å²) >= 11 is 1.29. The van der Waals surface area contributed by atoms with E-state index in [1.165, 1.54) is 11.8 Å². The fraction of sp³-hybridized carbons (Fsp3) is 0.200. The fourth-order valence-corrected chi connectivity index (χ4v) is 3.71. The first-order valence-electron chi connectivity index (χ1n) is 8.19. The molecule has 0 radical (unpaired) electrons. The second-order valence-corrected chi connectivity index (χ2v) is 7.33. The first kappa shape index (κ1) is 17.9. The summed E-state index contributed by atoms with van der Waals surface area (Å²) in [5.74, 6) is -0.142. The molecule has 0 saturated heterocycles. The second kappa shape index (κ2) is 7.54. The number of pyridine rings is 2. The van der Waals surface area contributed by atoms with Crippen LogP contribution in [0.2, 0.25) is 0 Å². The van der Waals surface area contributed by atoms with E-state index in [0.717, 1.165) is 27.8 Å². The van der Waals surface area contributed by atoms with Crippen molar-refractivity contribution in [1.29, 1.82) is 5.26 Å². The van der Waals surface area contributed by atoms with Crippen LogP contribution in [0.25, 0.3) is 10.9 Å². The van der Waals surface area contributed by atoms with Crippen LogP contribution < -0.4 is 5.32 Å². The summed E-state index contributed by atoms with van der Waals surface area (Å²) < 4.78 is 0. The molecule has 6 heteroatoms. The van der Waals surface area contributed by atoms with E-state index < -0.39 is 5.25 Å². The minimum atomic E-state index is -0.400. The summed E-state index contributed by atoms with van der Waals surface area (Å²) in [4.78, 5) is 21.4. The Bertz CT molecular complexity index is 1020. The standard InChI is InChI=1S/C20H18N4OS/c1-12-10-13(2)23-20(16(12)11-21)26-14(3)19(25)24-18-8-4-7-17-15(18)6-5-9-22-17/h4-10,14H,1-3H3,(H,24,25). The van der Waals surface area contributed by atoms with Crippen molar-refractivity contribution in [2.75, 3.05) is 5.32 Å². The Balaban J connectivity index is 1.82. The van der Waals surface area contributed by atoms with Gasteiger partial charge < -0.3 is 5.32 Å². The summed E-state index contributed by atoms with van der Waals surface area (Å²) in [5, 5.41) is 13.4. The van der Waals surface area contributed by atoms with Crippen LogP contribution in [-0.4, -0.2) is 21.1 Å². The SMILES string of the molecule is Cc1cc(C)c(C#N)c(SC(C)C(=O)Nc2cccc3ncccc23)n1. The minimum absolute atomic E-state index is 0.142. The third-order valence-electron chi connectivity index (χ3n) is 3.98. The number of carbonyl (C=O) groups is 1. The Labute approximate surface area is 156 Å². The summed E-state index contributed by atoms with van der Waals surface area (Å²) in [7, 11) is 0. The van der Waals surface area contributed by atoms with E-state index in [0.29, 0.717) is 10.6 Å². The number of nitrogens with one attached hydrogen (secondary N) is 1. The van der Waals surface area contributed by atoms with Crippen molar-refractivity contribution in [2.24, 2.45) is 0 Å². The van der Waals surface area contributed by atoms with E-state index in [1.54, 1.807) is 6.20 Å². The van der Waals surface area contributed by atoms with Gasteiger partial charge in [-0.1, -0.05) is 17.8 Å². The lowest BCUT2D eigenvalue weighted by Crippen LogP contribution is -2.23. The normalized spacial score (nSPS) is 11.8. The van der Waals surface area contributed by atoms with Crippen LogP contribution in [0.1, 0.15) is 23.7 Å². The molecule has 1 amide bonds. The molecule has 3 rings (SSSR count). The van der Waals surface area contributed by atoms with Gasteiger partial charge in [0, 0.05) is 17.3 Å². The molecule has 26 heavy (non-hydrogen) atoms. The van der Waals surface area contributed by atoms with Crippen LogP contribution in [0.3, 0.4) is 0 Å². The first-order valence-corrected chi connectivity index (χ1v) is 9.07. The average molecular weight is 362 g/mol. The lowest BCUT2D eigenvalue weighted by Gasteiger charge is -2.14. The molecule has 1 atom stereocenters. The van der Waals surface area contributed by atoms with Gasteiger partial charge in [-0.2, -0.15) is 5.26 Å². The van der Waals surface area contributed by atoms with E-state index in [4.69, 9.17) is 0 Å². The van der Waals surface area contributed by atoms with Crippen LogP contribution in [0.4, 0.5) is 5.69 Å². The fourth-order valence-electron chi connectivity index (χ4n) is 2.69. The molecule has 0 spiro atoms. The van der Waals surface area contributed by atoms with Gasteiger partial charge in [-0.15, -0.1) is 0 Å². The molecule has 0 aliphatic heterocycles. The van der Waals surface area contributed by atoms with E-state index in [9.17, 15) is 10.1 Å². The summed E-state index contributed by atoms with van der Waals surface area (Å²) in [6, 6.07) is 13.4. The lowest BCUT2D eigenvalue weighted by molar-refractivity contribution is -0.115. The quantitative estimate of drug-likeness (QED) is 0.702. The van der Waals surface area contributed by atoms with Crippen LogP contribution in [0, 0.1) is 25.2 Å². The van der Waals surface area contributed by atoms with E-state index in [-0.39, 0.29) is 5.91 Å². The average Bonchev–Trinajstić information content (AvgIpc) is 2.61. The van der Waals surface area contributed by atoms with Crippen molar-refractivity contribution in [3.63, 3.8) is 0 Å². The largest absolute Gasteiger partial charge is 0.324 e. The van der Waals surface area contributed by atoms with Crippen molar-refractivity contribution in [2.45, 2.75) is 31.0 Å². The predicted octanol–water partition coefficient (Wildman–Crippen LogP) is 4.24. The number of nitriles is 1. The van der Waals surface area contributed by atoms with Crippen LogP contribution in [0.5, 0.6) is 0 Å². The van der Waals surface area contributed by atoms with Crippen molar-refractivity contribution >= 4 is 34.3 Å². The predicted molar refractivity (Wildman–Crippen MR) is 104 cm³/mol. The van der Waals surface area contributed by atoms with E-state index >= 15 is 0 Å². The Kier molecular flexibility index (Phi) is 5.19. The monoisotopic (exact) mass is 362 g/mol. The number of rotatable bonds is 4. The molecule has 5 nitrogen and oxygen atoms in total. The molecule has 1 N–H and O–H groups in total. The highest BCUT2D eigenvalue weighted by Crippen LogP contribution is 2.29. The van der Waals surface area contributed by atoms with Crippen LogP contribution in [-0.2, 0) is 4.79 Å². The molecule has 3 aromatic rings. The highest BCUT2D eigenvalue weighted by Gasteiger charge is 2.19. The zero-order valence-electron chi connectivity index (χ0n) is 14.8. The maximum atomic E-state index is 12.7. The Morgan fingerprint density at radius 2 is 2.08 bits per heavy atom. The molecule has 1 aromatic carbocycles. The van der Waals surface area contributed by atoms with Crippen molar-refractivity contribution < 1.29 is 4.79 Å². The molecular formula is C20H18N4OS. The summed E-state index contributed by atoms with van der Waals surface area (Å²) in [6.45, 7) is 5.57. The minimum Gasteiger partial charge on any atom is -0.324 e. The second-order valence-electron chi connectivity index (χ2n) is 6.00. The lowest BCUT2D eigenvalue weighted by atomic mass is 10.1. The van der Waals surface area contributed by atoms with Crippen LogP contribution in [0.15, 0.2) is 47.6 Å². The highest BCUT2D eigenvalue weighted by molar-refractivity contribution is 8.00. The number of thioether (sulfide) groups is 1. The van der Waals surface area contributed by atoms with Crippen molar-refractivity contribution in [3.05, 3.63) is 59.4 Å². The van der Waals surface area contributed by atoms with Crippen molar-refractivity contribution in [1.82, 2.24) is 9.97 Å². The Hall–Kier alpha value is -2.91. The Morgan fingerprint density at radius 1 is 1.27 bits per heavy atom. The number of amides is 1. The smallest absolute Gasteiger partial charge is 0.237 e. The van der Waals surface area contributed by atoms with Gasteiger partial charge in [-0.3, -0.25) is 9.78 Å². The third kappa shape index (κ3) is 3.68. The number of anilines is 1. The number of hydrogen-bond donors (Lipinski definition) is 1. The van der Waals surface area contributed by atoms with Gasteiger partial charge in [0.05, 0.1) is 22.0 Å². The molecule has 0 aliphatic carbocycles. The highest BCUT2D eigenvalue weighted by atomic mass is 32.2. The van der Waals surface area contributed by atoms with E-state index in [2.05, 4.69) is 21.4 Å². The molecule has 0 aliphatic rings. The van der Waals surface area contributed by atoms with Gasteiger partial charge in [0.25, 0.3) is 0 Å². The van der Waals surface area contributed by atoms with Crippen LogP contribution >= 0.6 is 11.8 Å². The maximum absolute atomic E-state index is 12.7. The molecule has 1 unspecified atom stereocenters. The molecule has 0 saturated carbocycles. The topological polar surface area (TPSA) is 78.7 Å². The van der Waals surface area contributed by atoms with Crippen molar-refractivity contribution in [3.8, 4) is 6.07 Å². The number of aryl methyl sites for hydroxylation is 2. The summed E-state index contributed by atoms with van der Waals surface area (Å²) in [6.07, 6.45) is 1.72. The number of aromatic nitrogens is 2. The number of hydrogen-bond acceptors (Lipinski definition) is 5. The number of nitrogens with zero attached hydrogens (tertiary/aromatic N) is 3. The zero-order chi connectivity index (χ0) is 18.7. The molecule has 0 fully saturated rings. The maximum Gasteiger partial charge on any atom is 0.237 e. The van der Waals surface area contributed by atoms with Gasteiger partial charge in [0.2, 0.25) is 5.91 Å². The van der Waals surface area contributed by atoms with Gasteiger partial charge in [0.1, 0.15) is 11.1 Å². The molecular weight excluding hydrogens is 344 g/mol. The zero-order valence-corrected chi connectivity index (χ0v) is 15.6.